The highest BCUT2D eigenvalue weighted by molar-refractivity contribution is 9.10. The Kier molecular flexibility index (Phi) is 4.46. The van der Waals surface area contributed by atoms with Crippen molar-refractivity contribution in [1.82, 2.24) is 5.32 Å². The largest absolute Gasteiger partial charge is 0.491 e. The lowest BCUT2D eigenvalue weighted by Crippen LogP contribution is -2.31. The molecule has 1 heterocycles. The Morgan fingerprint density at radius 3 is 2.77 bits per heavy atom. The van der Waals surface area contributed by atoms with Crippen LogP contribution < -0.4 is 15.4 Å². The van der Waals surface area contributed by atoms with Crippen molar-refractivity contribution in [1.29, 1.82) is 0 Å². The first-order valence-electron chi connectivity index (χ1n) is 7.97. The van der Waals surface area contributed by atoms with Crippen LogP contribution in [0.3, 0.4) is 0 Å². The molecule has 2 fully saturated rings. The molecule has 1 unspecified atom stereocenters. The van der Waals surface area contributed by atoms with Gasteiger partial charge >= 0.3 is 0 Å². The fourth-order valence-electron chi connectivity index (χ4n) is 3.40. The van der Waals surface area contributed by atoms with E-state index in [9.17, 15) is 4.79 Å². The molecular formula is C17H23BrN2O2. The summed E-state index contributed by atoms with van der Waals surface area (Å²) in [5.74, 6) is 1.09. The normalized spacial score (nSPS) is 22.6. The maximum Gasteiger partial charge on any atom is 0.228 e. The van der Waals surface area contributed by atoms with Crippen molar-refractivity contribution in [2.45, 2.75) is 39.2 Å². The third kappa shape index (κ3) is 3.46. The van der Waals surface area contributed by atoms with Gasteiger partial charge in [-0.3, -0.25) is 4.79 Å². The SMILES string of the molecule is CC(C)Oc1cc(Br)cc(NC(=O)C2CC23CCNCC3)c1. The Hall–Kier alpha value is -1.07. The summed E-state index contributed by atoms with van der Waals surface area (Å²) in [6, 6.07) is 5.73. The van der Waals surface area contributed by atoms with Gasteiger partial charge in [0.15, 0.2) is 0 Å². The second-order valence-corrected chi connectivity index (χ2v) is 7.62. The van der Waals surface area contributed by atoms with Gasteiger partial charge in [0.05, 0.1) is 6.10 Å². The highest BCUT2D eigenvalue weighted by Crippen LogP contribution is 2.58. The van der Waals surface area contributed by atoms with Gasteiger partial charge in [0, 0.05) is 22.1 Å². The number of amides is 1. The van der Waals surface area contributed by atoms with Crippen molar-refractivity contribution >= 4 is 27.5 Å². The van der Waals surface area contributed by atoms with Crippen LogP contribution in [0.1, 0.15) is 33.1 Å². The van der Waals surface area contributed by atoms with E-state index >= 15 is 0 Å². The lowest BCUT2D eigenvalue weighted by molar-refractivity contribution is -0.118. The first kappa shape index (κ1) is 15.8. The number of anilines is 1. The zero-order valence-corrected chi connectivity index (χ0v) is 14.7. The van der Waals surface area contributed by atoms with Crippen molar-refractivity contribution in [3.63, 3.8) is 0 Å². The highest BCUT2D eigenvalue weighted by Gasteiger charge is 2.57. The van der Waals surface area contributed by atoms with E-state index in [1.807, 2.05) is 32.0 Å². The number of carbonyl (C=O) groups is 1. The number of hydrogen-bond donors (Lipinski definition) is 2. The topological polar surface area (TPSA) is 50.4 Å². The Bertz CT molecular complexity index is 568. The van der Waals surface area contributed by atoms with Crippen molar-refractivity contribution in [2.24, 2.45) is 11.3 Å². The van der Waals surface area contributed by atoms with Crippen LogP contribution in [0.5, 0.6) is 5.75 Å². The highest BCUT2D eigenvalue weighted by atomic mass is 79.9. The minimum atomic E-state index is 0.110. The molecule has 1 saturated heterocycles. The molecule has 1 spiro atoms. The fourth-order valence-corrected chi connectivity index (χ4v) is 3.87. The van der Waals surface area contributed by atoms with Crippen LogP contribution >= 0.6 is 15.9 Å². The van der Waals surface area contributed by atoms with Gasteiger partial charge in [-0.25, -0.2) is 0 Å². The Balaban J connectivity index is 1.65. The van der Waals surface area contributed by atoms with E-state index in [1.165, 1.54) is 0 Å². The van der Waals surface area contributed by atoms with Gasteiger partial charge in [-0.1, -0.05) is 15.9 Å². The predicted octanol–water partition coefficient (Wildman–Crippen LogP) is 3.56. The van der Waals surface area contributed by atoms with Crippen LogP contribution in [0, 0.1) is 11.3 Å². The van der Waals surface area contributed by atoms with E-state index in [0.717, 1.165) is 48.3 Å². The zero-order chi connectivity index (χ0) is 15.7. The number of carbonyl (C=O) groups excluding carboxylic acids is 1. The number of benzene rings is 1. The average Bonchev–Trinajstić information content (AvgIpc) is 3.11. The Labute approximate surface area is 140 Å². The van der Waals surface area contributed by atoms with E-state index in [2.05, 4.69) is 26.6 Å². The lowest BCUT2D eigenvalue weighted by Gasteiger charge is -2.23. The monoisotopic (exact) mass is 366 g/mol. The van der Waals surface area contributed by atoms with Crippen molar-refractivity contribution < 1.29 is 9.53 Å². The van der Waals surface area contributed by atoms with E-state index in [4.69, 9.17) is 4.74 Å². The number of halogens is 1. The minimum Gasteiger partial charge on any atom is -0.491 e. The van der Waals surface area contributed by atoms with Crippen LogP contribution in [0.25, 0.3) is 0 Å². The molecule has 1 aromatic carbocycles. The molecule has 2 aliphatic rings. The molecule has 120 valence electrons. The summed E-state index contributed by atoms with van der Waals surface area (Å²) in [5, 5.41) is 6.43. The average molecular weight is 367 g/mol. The van der Waals surface area contributed by atoms with Gasteiger partial charge in [0.1, 0.15) is 5.75 Å². The molecule has 1 atom stereocenters. The summed E-state index contributed by atoms with van der Waals surface area (Å²) in [6.45, 7) is 6.05. The molecule has 1 aromatic rings. The van der Waals surface area contributed by atoms with Gasteiger partial charge in [0.25, 0.3) is 0 Å². The molecule has 0 aromatic heterocycles. The first-order valence-corrected chi connectivity index (χ1v) is 8.77. The van der Waals surface area contributed by atoms with Gasteiger partial charge < -0.3 is 15.4 Å². The summed E-state index contributed by atoms with van der Waals surface area (Å²) in [5.41, 5.74) is 1.06. The molecule has 1 aliphatic heterocycles. The molecule has 3 rings (SSSR count). The number of piperidine rings is 1. The summed E-state index contributed by atoms with van der Waals surface area (Å²) < 4.78 is 6.62. The molecule has 4 nitrogen and oxygen atoms in total. The molecule has 0 bridgehead atoms. The maximum absolute atomic E-state index is 12.5. The quantitative estimate of drug-likeness (QED) is 0.856. The molecular weight excluding hydrogens is 344 g/mol. The summed E-state index contributed by atoms with van der Waals surface area (Å²) in [4.78, 5) is 12.5. The number of rotatable bonds is 4. The molecule has 1 aliphatic carbocycles. The second kappa shape index (κ2) is 6.20. The van der Waals surface area contributed by atoms with Crippen molar-refractivity contribution in [2.75, 3.05) is 18.4 Å². The van der Waals surface area contributed by atoms with Crippen LogP contribution in [0.2, 0.25) is 0 Å². The van der Waals surface area contributed by atoms with Gasteiger partial charge in [-0.15, -0.1) is 0 Å². The molecule has 5 heteroatoms. The molecule has 1 amide bonds. The summed E-state index contributed by atoms with van der Waals surface area (Å²) in [6.07, 6.45) is 3.37. The van der Waals surface area contributed by atoms with E-state index in [1.54, 1.807) is 0 Å². The maximum atomic E-state index is 12.5. The molecule has 22 heavy (non-hydrogen) atoms. The predicted molar refractivity (Wildman–Crippen MR) is 91.2 cm³/mol. The number of ether oxygens (including phenoxy) is 1. The van der Waals surface area contributed by atoms with Crippen LogP contribution in [-0.2, 0) is 4.79 Å². The van der Waals surface area contributed by atoms with Gasteiger partial charge in [-0.2, -0.15) is 0 Å². The van der Waals surface area contributed by atoms with E-state index in [-0.39, 0.29) is 23.3 Å². The second-order valence-electron chi connectivity index (χ2n) is 6.70. The van der Waals surface area contributed by atoms with Gasteiger partial charge in [0.2, 0.25) is 5.91 Å². The molecule has 2 N–H and O–H groups in total. The van der Waals surface area contributed by atoms with Crippen molar-refractivity contribution in [3.8, 4) is 5.75 Å². The van der Waals surface area contributed by atoms with Gasteiger partial charge in [-0.05, 0) is 63.7 Å². The third-order valence-electron chi connectivity index (χ3n) is 4.62. The van der Waals surface area contributed by atoms with Crippen LogP contribution in [0.4, 0.5) is 5.69 Å². The molecule has 0 radical (unpaired) electrons. The summed E-state index contributed by atoms with van der Waals surface area (Å²) in [7, 11) is 0. The van der Waals surface area contributed by atoms with E-state index in [0.29, 0.717) is 0 Å². The number of nitrogens with one attached hydrogen (secondary N) is 2. The summed E-state index contributed by atoms with van der Waals surface area (Å²) >= 11 is 3.48. The van der Waals surface area contributed by atoms with Crippen LogP contribution in [-0.4, -0.2) is 25.1 Å². The van der Waals surface area contributed by atoms with Crippen molar-refractivity contribution in [3.05, 3.63) is 22.7 Å². The smallest absolute Gasteiger partial charge is 0.228 e. The fraction of sp³-hybridized carbons (Fsp3) is 0.588. The molecule has 1 saturated carbocycles. The first-order chi connectivity index (χ1) is 10.5. The Morgan fingerprint density at radius 1 is 1.36 bits per heavy atom. The Morgan fingerprint density at radius 2 is 2.09 bits per heavy atom. The minimum absolute atomic E-state index is 0.110. The zero-order valence-electron chi connectivity index (χ0n) is 13.1. The standard InChI is InChI=1S/C17H23BrN2O2/c1-11(2)22-14-8-12(18)7-13(9-14)20-16(21)15-10-17(15)3-5-19-6-4-17/h7-9,11,15,19H,3-6,10H2,1-2H3,(H,20,21). The van der Waals surface area contributed by atoms with Crippen LogP contribution in [0.15, 0.2) is 22.7 Å². The lowest BCUT2D eigenvalue weighted by atomic mass is 9.92. The van der Waals surface area contributed by atoms with E-state index < -0.39 is 0 Å². The number of hydrogen-bond acceptors (Lipinski definition) is 3. The third-order valence-corrected chi connectivity index (χ3v) is 5.07.